The van der Waals surface area contributed by atoms with E-state index < -0.39 is 5.54 Å². The van der Waals surface area contributed by atoms with Crippen LogP contribution in [0.25, 0.3) is 22.6 Å². The third-order valence-electron chi connectivity index (χ3n) is 7.11. The van der Waals surface area contributed by atoms with Gasteiger partial charge in [0.05, 0.1) is 29.8 Å². The molecule has 3 aromatic carbocycles. The van der Waals surface area contributed by atoms with Crippen molar-refractivity contribution < 1.29 is 13.9 Å². The Kier molecular flexibility index (Phi) is 7.55. The number of nitrogens with zero attached hydrogens (tertiary/aromatic N) is 4. The lowest BCUT2D eigenvalue weighted by atomic mass is 9.94. The van der Waals surface area contributed by atoms with E-state index >= 15 is 0 Å². The first-order chi connectivity index (χ1) is 18.9. The molecule has 0 radical (unpaired) electrons. The van der Waals surface area contributed by atoms with E-state index in [0.717, 1.165) is 29.5 Å². The largest absolute Gasteiger partial charge is 0.419 e. The van der Waals surface area contributed by atoms with Crippen molar-refractivity contribution in [2.45, 2.75) is 37.8 Å². The smallest absolute Gasteiger partial charge is 0.254 e. The number of hydrogen-bond donors (Lipinski definition) is 1. The Labute approximate surface area is 228 Å². The molecular weight excluding hydrogens is 490 g/mol. The highest BCUT2D eigenvalue weighted by atomic mass is 16.5. The molecule has 2 atom stereocenters. The molecule has 1 amide bonds. The monoisotopic (exact) mass is 521 g/mol. The molecule has 8 nitrogen and oxygen atoms in total. The quantitative estimate of drug-likeness (QED) is 0.349. The van der Waals surface area contributed by atoms with Crippen LogP contribution in [0.4, 0.5) is 0 Å². The maximum Gasteiger partial charge on any atom is 0.254 e. The van der Waals surface area contributed by atoms with Gasteiger partial charge in [-0.25, -0.2) is 0 Å². The number of hydrogen-bond acceptors (Lipinski definition) is 7. The molecule has 0 saturated carbocycles. The molecular formula is C31H31N5O3. The first-order valence-electron chi connectivity index (χ1n) is 13.0. The summed E-state index contributed by atoms with van der Waals surface area (Å²) >= 11 is 0. The van der Waals surface area contributed by atoms with Gasteiger partial charge < -0.3 is 19.8 Å². The molecule has 0 spiro atoms. The number of carbonyl (C=O) groups excluding carboxylic acids is 1. The van der Waals surface area contributed by atoms with Gasteiger partial charge in [0, 0.05) is 24.8 Å². The predicted octanol–water partition coefficient (Wildman–Crippen LogP) is 4.94. The van der Waals surface area contributed by atoms with Crippen molar-refractivity contribution >= 4 is 5.91 Å². The first-order valence-corrected chi connectivity index (χ1v) is 13.0. The van der Waals surface area contributed by atoms with Gasteiger partial charge in [0.2, 0.25) is 11.8 Å². The van der Waals surface area contributed by atoms with Gasteiger partial charge in [0.1, 0.15) is 0 Å². The second-order valence-electron chi connectivity index (χ2n) is 10.2. The molecule has 4 aromatic rings. The van der Waals surface area contributed by atoms with E-state index in [1.54, 1.807) is 19.2 Å². The summed E-state index contributed by atoms with van der Waals surface area (Å²) in [5.74, 6) is 0.464. The fourth-order valence-electron chi connectivity index (χ4n) is 5.16. The molecule has 39 heavy (non-hydrogen) atoms. The van der Waals surface area contributed by atoms with Crippen molar-refractivity contribution in [2.75, 3.05) is 20.3 Å². The summed E-state index contributed by atoms with van der Waals surface area (Å²) in [7, 11) is 1.65. The molecule has 2 heterocycles. The van der Waals surface area contributed by atoms with E-state index in [0.29, 0.717) is 42.2 Å². The van der Waals surface area contributed by atoms with Crippen molar-refractivity contribution in [1.29, 1.82) is 5.26 Å². The molecule has 0 aliphatic carbocycles. The first kappa shape index (κ1) is 26.3. The topological polar surface area (TPSA) is 118 Å². The highest BCUT2D eigenvalue weighted by Gasteiger charge is 2.31. The van der Waals surface area contributed by atoms with E-state index in [1.807, 2.05) is 72.5 Å². The van der Waals surface area contributed by atoms with Crippen LogP contribution in [-0.4, -0.2) is 47.3 Å². The average Bonchev–Trinajstić information content (AvgIpc) is 3.64. The molecule has 8 heteroatoms. The van der Waals surface area contributed by atoms with Crippen LogP contribution in [0.5, 0.6) is 0 Å². The summed E-state index contributed by atoms with van der Waals surface area (Å²) in [5, 5.41) is 18.3. The number of nitriles is 1. The number of benzene rings is 3. The SMILES string of the molecule is COC[C@H]1CCCN1C(=O)c1cc(-c2nnc([C@](C)(N)Cc3ccccc3)o2)cc(-c2ccccc2C#N)c1. The molecule has 1 aliphatic heterocycles. The molecule has 1 aliphatic rings. The molecule has 5 rings (SSSR count). The van der Waals surface area contributed by atoms with E-state index in [2.05, 4.69) is 16.3 Å². The highest BCUT2D eigenvalue weighted by Crippen LogP contribution is 2.33. The number of nitrogens with two attached hydrogens (primary N) is 1. The van der Waals surface area contributed by atoms with Gasteiger partial charge in [-0.05, 0) is 67.1 Å². The second-order valence-corrected chi connectivity index (χ2v) is 10.2. The van der Waals surface area contributed by atoms with E-state index in [4.69, 9.17) is 14.9 Å². The lowest BCUT2D eigenvalue weighted by Gasteiger charge is -2.24. The lowest BCUT2D eigenvalue weighted by Crippen LogP contribution is -2.38. The van der Waals surface area contributed by atoms with Crippen LogP contribution in [0.1, 0.15) is 47.1 Å². The van der Waals surface area contributed by atoms with Crippen molar-refractivity contribution in [3.63, 3.8) is 0 Å². The van der Waals surface area contributed by atoms with Crippen molar-refractivity contribution in [3.05, 3.63) is 95.4 Å². The molecule has 2 N–H and O–H groups in total. The minimum Gasteiger partial charge on any atom is -0.419 e. The molecule has 0 bridgehead atoms. The van der Waals surface area contributed by atoms with Crippen molar-refractivity contribution in [2.24, 2.45) is 5.73 Å². The van der Waals surface area contributed by atoms with Crippen LogP contribution in [0.15, 0.2) is 77.2 Å². The number of aromatic nitrogens is 2. The Morgan fingerprint density at radius 1 is 1.13 bits per heavy atom. The number of carbonyl (C=O) groups is 1. The molecule has 0 unspecified atom stereocenters. The van der Waals surface area contributed by atoms with E-state index in [9.17, 15) is 10.1 Å². The third-order valence-corrected chi connectivity index (χ3v) is 7.11. The van der Waals surface area contributed by atoms with Crippen LogP contribution < -0.4 is 5.73 Å². The highest BCUT2D eigenvalue weighted by molar-refractivity contribution is 5.97. The number of ether oxygens (including phenoxy) is 1. The van der Waals surface area contributed by atoms with Gasteiger partial charge in [-0.2, -0.15) is 5.26 Å². The van der Waals surface area contributed by atoms with E-state index in [1.165, 1.54) is 0 Å². The predicted molar refractivity (Wildman–Crippen MR) is 148 cm³/mol. The summed E-state index contributed by atoms with van der Waals surface area (Å²) in [6.45, 7) is 3.01. The Hall–Kier alpha value is -4.32. The second kappa shape index (κ2) is 11.2. The third kappa shape index (κ3) is 5.60. The minimum atomic E-state index is -0.890. The summed E-state index contributed by atoms with van der Waals surface area (Å²) in [4.78, 5) is 15.6. The van der Waals surface area contributed by atoms with Crippen molar-refractivity contribution in [1.82, 2.24) is 15.1 Å². The summed E-state index contributed by atoms with van der Waals surface area (Å²) in [6.07, 6.45) is 2.34. The normalized spacial score (nSPS) is 16.6. The van der Waals surface area contributed by atoms with Gasteiger partial charge in [0.25, 0.3) is 5.91 Å². The molecule has 1 fully saturated rings. The van der Waals surface area contributed by atoms with Crippen LogP contribution in [-0.2, 0) is 16.7 Å². The standard InChI is InChI=1S/C31H31N5O3/c1-31(33,18-21-9-4-3-5-10-21)30-35-34-28(39-30)24-15-23(27-13-7-6-11-22(27)19-32)16-25(17-24)29(37)36-14-8-12-26(36)20-38-2/h3-7,9-11,13,15-17,26H,8,12,14,18,20,33H2,1-2H3/t26-,31-/m1/s1. The number of rotatable bonds is 8. The maximum absolute atomic E-state index is 13.7. The molecule has 1 aromatic heterocycles. The Morgan fingerprint density at radius 3 is 2.64 bits per heavy atom. The average molecular weight is 522 g/mol. The Balaban J connectivity index is 1.55. The van der Waals surface area contributed by atoms with Crippen LogP contribution >= 0.6 is 0 Å². The zero-order chi connectivity index (χ0) is 27.4. The summed E-state index contributed by atoms with van der Waals surface area (Å²) in [6, 6.07) is 24.9. The van der Waals surface area contributed by atoms with Gasteiger partial charge >= 0.3 is 0 Å². The Morgan fingerprint density at radius 2 is 1.87 bits per heavy atom. The van der Waals surface area contributed by atoms with Crippen LogP contribution in [0.3, 0.4) is 0 Å². The lowest BCUT2D eigenvalue weighted by molar-refractivity contribution is 0.0630. The fraction of sp³-hybridized carbons (Fsp3) is 0.290. The number of amides is 1. The summed E-state index contributed by atoms with van der Waals surface area (Å²) in [5.41, 5.74) is 9.80. The van der Waals surface area contributed by atoms with Crippen molar-refractivity contribution in [3.8, 4) is 28.7 Å². The van der Waals surface area contributed by atoms with Gasteiger partial charge in [0.15, 0.2) is 0 Å². The number of likely N-dealkylation sites (tertiary alicyclic amines) is 1. The molecule has 1 saturated heterocycles. The van der Waals surface area contributed by atoms with Gasteiger partial charge in [-0.15, -0.1) is 10.2 Å². The molecule has 198 valence electrons. The van der Waals surface area contributed by atoms with Gasteiger partial charge in [-0.3, -0.25) is 4.79 Å². The fourth-order valence-corrected chi connectivity index (χ4v) is 5.16. The van der Waals surface area contributed by atoms with E-state index in [-0.39, 0.29) is 17.8 Å². The zero-order valence-electron chi connectivity index (χ0n) is 22.1. The minimum absolute atomic E-state index is 0.0203. The van der Waals surface area contributed by atoms with Crippen LogP contribution in [0, 0.1) is 11.3 Å². The Bertz CT molecular complexity index is 1510. The van der Waals surface area contributed by atoms with Crippen LogP contribution in [0.2, 0.25) is 0 Å². The maximum atomic E-state index is 13.7. The zero-order valence-corrected chi connectivity index (χ0v) is 22.1. The number of methoxy groups -OCH3 is 1. The summed E-state index contributed by atoms with van der Waals surface area (Å²) < 4.78 is 11.5. The van der Waals surface area contributed by atoms with Gasteiger partial charge in [-0.1, -0.05) is 48.5 Å².